The Balaban J connectivity index is 1.72. The minimum atomic E-state index is -0.878. The lowest BCUT2D eigenvalue weighted by atomic mass is 9.96. The van der Waals surface area contributed by atoms with Crippen LogP contribution in [0.15, 0.2) is 0 Å². The lowest BCUT2D eigenvalue weighted by Crippen LogP contribution is -2.62. The van der Waals surface area contributed by atoms with E-state index in [1.165, 1.54) is 4.90 Å². The zero-order valence-electron chi connectivity index (χ0n) is 19.9. The molecule has 2 rings (SSSR count). The van der Waals surface area contributed by atoms with Gasteiger partial charge in [-0.25, -0.2) is 0 Å². The van der Waals surface area contributed by atoms with Crippen LogP contribution in [0.4, 0.5) is 0 Å². The number of primary amides is 1. The van der Waals surface area contributed by atoms with E-state index in [0.717, 1.165) is 57.8 Å². The summed E-state index contributed by atoms with van der Waals surface area (Å²) in [6.07, 6.45) is 11.3. The summed E-state index contributed by atoms with van der Waals surface area (Å²) < 4.78 is 0. The molecule has 0 radical (unpaired) electrons. The number of nitrogens with zero attached hydrogens (tertiary/aromatic N) is 1. The summed E-state index contributed by atoms with van der Waals surface area (Å²) in [5.41, 5.74) is 5.12. The fourth-order valence-electron chi connectivity index (χ4n) is 4.58. The van der Waals surface area contributed by atoms with Gasteiger partial charge in [0, 0.05) is 25.7 Å². The van der Waals surface area contributed by atoms with Gasteiger partial charge < -0.3 is 10.6 Å². The average molecular weight is 479 g/mol. The Morgan fingerprint density at radius 1 is 0.676 bits per heavy atom. The van der Waals surface area contributed by atoms with Gasteiger partial charge in [-0.05, 0) is 25.7 Å². The standard InChI is InChI=1S/C24H38N4O6/c25-19(29)11-9-7-5-3-1-2-4-6-8-10-12-22(32)28(17-13-15-20(30)26-23(17)33)18-14-16-21(31)27-24(18)34/h17-18H,1-16H2,(H2,25,29)(H,26,30,33)(H,27,31,34). The first kappa shape index (κ1) is 27.5. The minimum Gasteiger partial charge on any atom is -0.370 e. The third-order valence-corrected chi connectivity index (χ3v) is 6.44. The second kappa shape index (κ2) is 14.5. The highest BCUT2D eigenvalue weighted by atomic mass is 16.2. The Morgan fingerprint density at radius 3 is 1.44 bits per heavy atom. The lowest BCUT2D eigenvalue weighted by molar-refractivity contribution is -0.153. The molecule has 10 nitrogen and oxygen atoms in total. The number of nitrogens with two attached hydrogens (primary N) is 1. The zero-order valence-corrected chi connectivity index (χ0v) is 19.9. The Bertz CT molecular complexity index is 731. The van der Waals surface area contributed by atoms with Crippen LogP contribution in [0.25, 0.3) is 0 Å². The number of unbranched alkanes of at least 4 members (excludes halogenated alkanes) is 9. The number of nitrogens with one attached hydrogen (secondary N) is 2. The lowest BCUT2D eigenvalue weighted by Gasteiger charge is -2.39. The maximum Gasteiger partial charge on any atom is 0.249 e. The molecule has 2 heterocycles. The van der Waals surface area contributed by atoms with E-state index in [4.69, 9.17) is 5.73 Å². The first-order chi connectivity index (χ1) is 16.3. The molecular formula is C24H38N4O6. The number of amides is 6. The molecule has 4 N–H and O–H groups in total. The minimum absolute atomic E-state index is 0.110. The summed E-state index contributed by atoms with van der Waals surface area (Å²) in [4.78, 5) is 72.9. The molecule has 190 valence electrons. The zero-order chi connectivity index (χ0) is 24.9. The van der Waals surface area contributed by atoms with E-state index in [1.807, 2.05) is 0 Å². The molecule has 0 aliphatic carbocycles. The SMILES string of the molecule is NC(=O)CCCCCCCCCCCCC(=O)N(C1CCC(=O)NC1=O)C1CCC(=O)NC1=O. The molecule has 2 aliphatic rings. The Hall–Kier alpha value is -2.78. The van der Waals surface area contributed by atoms with Crippen LogP contribution in [0.2, 0.25) is 0 Å². The topological polar surface area (TPSA) is 156 Å². The van der Waals surface area contributed by atoms with Gasteiger partial charge in [0.2, 0.25) is 35.4 Å². The van der Waals surface area contributed by atoms with Crippen molar-refractivity contribution in [2.75, 3.05) is 0 Å². The van der Waals surface area contributed by atoms with Crippen molar-refractivity contribution in [2.45, 2.75) is 115 Å². The number of rotatable bonds is 15. The maximum atomic E-state index is 13.1. The predicted octanol–water partition coefficient (Wildman–Crippen LogP) is 1.59. The molecule has 10 heteroatoms. The highest BCUT2D eigenvalue weighted by molar-refractivity contribution is 6.05. The van der Waals surface area contributed by atoms with E-state index in [-0.39, 0.29) is 55.7 Å². The van der Waals surface area contributed by atoms with Gasteiger partial charge in [-0.1, -0.05) is 51.4 Å². The second-order valence-corrected chi connectivity index (χ2v) is 9.24. The van der Waals surface area contributed by atoms with Crippen molar-refractivity contribution in [1.82, 2.24) is 15.5 Å². The predicted molar refractivity (Wildman–Crippen MR) is 124 cm³/mol. The van der Waals surface area contributed by atoms with Gasteiger partial charge in [0.25, 0.3) is 0 Å². The van der Waals surface area contributed by atoms with Gasteiger partial charge in [-0.15, -0.1) is 0 Å². The second-order valence-electron chi connectivity index (χ2n) is 9.24. The monoisotopic (exact) mass is 478 g/mol. The van der Waals surface area contributed by atoms with E-state index >= 15 is 0 Å². The van der Waals surface area contributed by atoms with Crippen LogP contribution < -0.4 is 16.4 Å². The van der Waals surface area contributed by atoms with Gasteiger partial charge in [-0.3, -0.25) is 39.4 Å². The van der Waals surface area contributed by atoms with Crippen molar-refractivity contribution in [2.24, 2.45) is 5.73 Å². The molecule has 0 spiro atoms. The van der Waals surface area contributed by atoms with Crippen LogP contribution in [0.1, 0.15) is 103 Å². The Morgan fingerprint density at radius 2 is 1.06 bits per heavy atom. The Labute approximate surface area is 200 Å². The highest BCUT2D eigenvalue weighted by Gasteiger charge is 2.42. The van der Waals surface area contributed by atoms with Gasteiger partial charge in [0.05, 0.1) is 0 Å². The average Bonchev–Trinajstić information content (AvgIpc) is 2.77. The molecule has 2 fully saturated rings. The number of carbonyl (C=O) groups excluding carboxylic acids is 6. The van der Waals surface area contributed by atoms with Crippen molar-refractivity contribution in [3.63, 3.8) is 0 Å². The molecule has 6 amide bonds. The van der Waals surface area contributed by atoms with Gasteiger partial charge >= 0.3 is 0 Å². The van der Waals surface area contributed by atoms with Crippen LogP contribution >= 0.6 is 0 Å². The van der Waals surface area contributed by atoms with Gasteiger partial charge in [0.15, 0.2) is 0 Å². The molecular weight excluding hydrogens is 440 g/mol. The van der Waals surface area contributed by atoms with Crippen molar-refractivity contribution < 1.29 is 28.8 Å². The number of hydrogen-bond donors (Lipinski definition) is 3. The summed E-state index contributed by atoms with van der Waals surface area (Å²) in [6, 6.07) is -1.76. The van der Waals surface area contributed by atoms with Crippen molar-refractivity contribution in [3.05, 3.63) is 0 Å². The van der Waals surface area contributed by atoms with Gasteiger partial charge in [0.1, 0.15) is 12.1 Å². The molecule has 0 aromatic rings. The third kappa shape index (κ3) is 9.23. The number of carbonyl (C=O) groups is 6. The van der Waals surface area contributed by atoms with Crippen molar-refractivity contribution >= 4 is 35.4 Å². The number of imide groups is 2. The fraction of sp³-hybridized carbons (Fsp3) is 0.750. The quantitative estimate of drug-likeness (QED) is 0.240. The molecule has 34 heavy (non-hydrogen) atoms. The smallest absolute Gasteiger partial charge is 0.249 e. The largest absolute Gasteiger partial charge is 0.370 e. The van der Waals surface area contributed by atoms with Crippen LogP contribution in [-0.4, -0.2) is 52.4 Å². The summed E-state index contributed by atoms with van der Waals surface area (Å²) >= 11 is 0. The molecule has 2 unspecified atom stereocenters. The normalized spacial score (nSPS) is 20.6. The van der Waals surface area contributed by atoms with Crippen LogP contribution in [0.5, 0.6) is 0 Å². The van der Waals surface area contributed by atoms with E-state index in [0.29, 0.717) is 12.8 Å². The molecule has 0 saturated carbocycles. The Kier molecular flexibility index (Phi) is 11.7. The summed E-state index contributed by atoms with van der Waals surface area (Å²) in [7, 11) is 0. The van der Waals surface area contributed by atoms with Crippen LogP contribution in [-0.2, 0) is 28.8 Å². The van der Waals surface area contributed by atoms with Crippen molar-refractivity contribution in [1.29, 1.82) is 0 Å². The van der Waals surface area contributed by atoms with E-state index in [2.05, 4.69) is 10.6 Å². The number of piperidine rings is 2. The molecule has 0 aromatic heterocycles. The van der Waals surface area contributed by atoms with Gasteiger partial charge in [-0.2, -0.15) is 0 Å². The maximum absolute atomic E-state index is 13.1. The summed E-state index contributed by atoms with van der Waals surface area (Å²) in [6.45, 7) is 0. The van der Waals surface area contributed by atoms with E-state index in [1.54, 1.807) is 0 Å². The summed E-state index contributed by atoms with van der Waals surface area (Å²) in [5, 5.41) is 4.51. The molecule has 2 aliphatic heterocycles. The van der Waals surface area contributed by atoms with Crippen LogP contribution in [0, 0.1) is 0 Å². The molecule has 0 bridgehead atoms. The first-order valence-corrected chi connectivity index (χ1v) is 12.6. The molecule has 0 aromatic carbocycles. The highest BCUT2D eigenvalue weighted by Crippen LogP contribution is 2.23. The van der Waals surface area contributed by atoms with E-state index < -0.39 is 23.9 Å². The molecule has 2 atom stereocenters. The summed E-state index contributed by atoms with van der Waals surface area (Å²) in [5.74, 6) is -2.44. The van der Waals surface area contributed by atoms with Crippen LogP contribution in [0.3, 0.4) is 0 Å². The first-order valence-electron chi connectivity index (χ1n) is 12.6. The molecule has 2 saturated heterocycles. The number of hydrogen-bond acceptors (Lipinski definition) is 6. The fourth-order valence-corrected chi connectivity index (χ4v) is 4.58. The van der Waals surface area contributed by atoms with Crippen molar-refractivity contribution in [3.8, 4) is 0 Å². The van der Waals surface area contributed by atoms with E-state index in [9.17, 15) is 28.8 Å². The third-order valence-electron chi connectivity index (χ3n) is 6.44.